The molecule has 0 aliphatic carbocycles. The second-order valence-electron chi connectivity index (χ2n) is 6.89. The molecule has 1 aliphatic heterocycles. The molecule has 142 valence electrons. The van der Waals surface area contributed by atoms with Crippen LogP contribution in [0.2, 0.25) is 0 Å². The molecule has 28 heavy (non-hydrogen) atoms. The van der Waals surface area contributed by atoms with E-state index >= 15 is 0 Å². The number of nitrogens with zero attached hydrogens (tertiary/aromatic N) is 2. The van der Waals surface area contributed by atoms with Gasteiger partial charge in [0.2, 0.25) is 0 Å². The summed E-state index contributed by atoms with van der Waals surface area (Å²) in [5.41, 5.74) is 1.63. The van der Waals surface area contributed by atoms with E-state index in [4.69, 9.17) is 4.52 Å². The van der Waals surface area contributed by atoms with E-state index in [1.807, 2.05) is 65.6 Å². The van der Waals surface area contributed by atoms with Gasteiger partial charge in [0.1, 0.15) is 5.76 Å². The molecular weight excluding hydrogens is 354 g/mol. The Morgan fingerprint density at radius 2 is 1.75 bits per heavy atom. The van der Waals surface area contributed by atoms with Crippen LogP contribution in [0.15, 0.2) is 71.3 Å². The van der Waals surface area contributed by atoms with E-state index in [0.29, 0.717) is 23.6 Å². The molecule has 4 rings (SSSR count). The van der Waals surface area contributed by atoms with Gasteiger partial charge in [-0.3, -0.25) is 9.59 Å². The van der Waals surface area contributed by atoms with Crippen molar-refractivity contribution in [2.45, 2.75) is 18.8 Å². The van der Waals surface area contributed by atoms with Crippen LogP contribution in [0.3, 0.4) is 0 Å². The predicted molar refractivity (Wildman–Crippen MR) is 105 cm³/mol. The summed E-state index contributed by atoms with van der Waals surface area (Å²) in [7, 11) is 0. The quantitative estimate of drug-likeness (QED) is 0.749. The Labute approximate surface area is 163 Å². The fraction of sp³-hybridized carbons (Fsp3) is 0.227. The van der Waals surface area contributed by atoms with Crippen molar-refractivity contribution >= 4 is 17.5 Å². The molecule has 0 saturated carbocycles. The van der Waals surface area contributed by atoms with Crippen molar-refractivity contribution in [3.63, 3.8) is 0 Å². The number of hydrogen-bond acceptors (Lipinski definition) is 4. The van der Waals surface area contributed by atoms with Gasteiger partial charge < -0.3 is 14.7 Å². The van der Waals surface area contributed by atoms with Crippen molar-refractivity contribution < 1.29 is 14.1 Å². The molecule has 0 spiro atoms. The van der Waals surface area contributed by atoms with E-state index in [2.05, 4.69) is 10.5 Å². The molecule has 1 aromatic heterocycles. The summed E-state index contributed by atoms with van der Waals surface area (Å²) in [6, 6.07) is 20.2. The molecule has 6 heteroatoms. The molecule has 0 radical (unpaired) electrons. The minimum atomic E-state index is -0.311. The van der Waals surface area contributed by atoms with Gasteiger partial charge in [0, 0.05) is 36.3 Å². The summed E-state index contributed by atoms with van der Waals surface area (Å²) in [6.45, 7) is 1.28. The number of rotatable bonds is 4. The standard InChI is InChI=1S/C22H21N3O3/c26-21(23-18-11-5-2-6-12-18)19-14-20(28-24-19)17-10-7-13-25(15-17)22(27)16-8-3-1-4-9-16/h1-6,8-9,11-12,14,17H,7,10,13,15H2,(H,23,26). The Kier molecular flexibility index (Phi) is 5.19. The van der Waals surface area contributed by atoms with Crippen LogP contribution in [0.4, 0.5) is 5.69 Å². The van der Waals surface area contributed by atoms with Gasteiger partial charge in [0.25, 0.3) is 11.8 Å². The zero-order valence-corrected chi connectivity index (χ0v) is 15.4. The summed E-state index contributed by atoms with van der Waals surface area (Å²) in [5, 5.41) is 6.72. The summed E-state index contributed by atoms with van der Waals surface area (Å²) in [6.07, 6.45) is 1.78. The lowest BCUT2D eigenvalue weighted by atomic mass is 9.94. The Bertz CT molecular complexity index is 953. The Morgan fingerprint density at radius 3 is 2.50 bits per heavy atom. The van der Waals surface area contributed by atoms with Gasteiger partial charge in [-0.25, -0.2) is 0 Å². The lowest BCUT2D eigenvalue weighted by molar-refractivity contribution is 0.0697. The van der Waals surface area contributed by atoms with Gasteiger partial charge >= 0.3 is 0 Å². The summed E-state index contributed by atoms with van der Waals surface area (Å²) in [4.78, 5) is 26.9. The van der Waals surface area contributed by atoms with Crippen LogP contribution in [-0.4, -0.2) is 35.0 Å². The summed E-state index contributed by atoms with van der Waals surface area (Å²) < 4.78 is 5.45. The van der Waals surface area contributed by atoms with Crippen LogP contribution in [0.5, 0.6) is 0 Å². The van der Waals surface area contributed by atoms with Crippen LogP contribution in [0.25, 0.3) is 0 Å². The molecule has 1 unspecified atom stereocenters. The monoisotopic (exact) mass is 375 g/mol. The number of hydrogen-bond donors (Lipinski definition) is 1. The van der Waals surface area contributed by atoms with Crippen molar-refractivity contribution in [1.29, 1.82) is 0 Å². The van der Waals surface area contributed by atoms with Gasteiger partial charge in [-0.1, -0.05) is 41.6 Å². The SMILES string of the molecule is O=C(Nc1ccccc1)c1cc(C2CCCN(C(=O)c3ccccc3)C2)on1. The molecule has 2 heterocycles. The highest BCUT2D eigenvalue weighted by atomic mass is 16.5. The fourth-order valence-corrected chi connectivity index (χ4v) is 3.46. The van der Waals surface area contributed by atoms with E-state index in [9.17, 15) is 9.59 Å². The number of aromatic nitrogens is 1. The van der Waals surface area contributed by atoms with Gasteiger partial charge in [-0.05, 0) is 37.1 Å². The van der Waals surface area contributed by atoms with E-state index in [1.54, 1.807) is 6.07 Å². The van der Waals surface area contributed by atoms with Crippen LogP contribution < -0.4 is 5.32 Å². The normalized spacial score (nSPS) is 16.6. The van der Waals surface area contributed by atoms with Crippen molar-refractivity contribution in [3.05, 3.63) is 83.7 Å². The lowest BCUT2D eigenvalue weighted by Gasteiger charge is -2.31. The van der Waals surface area contributed by atoms with Crippen LogP contribution in [0.1, 0.15) is 45.4 Å². The highest BCUT2D eigenvalue weighted by Crippen LogP contribution is 2.28. The minimum absolute atomic E-state index is 0.0202. The largest absolute Gasteiger partial charge is 0.360 e. The maximum atomic E-state index is 12.7. The molecule has 1 N–H and O–H groups in total. The smallest absolute Gasteiger partial charge is 0.277 e. The van der Waals surface area contributed by atoms with E-state index in [-0.39, 0.29) is 23.4 Å². The molecule has 1 saturated heterocycles. The first-order chi connectivity index (χ1) is 13.7. The van der Waals surface area contributed by atoms with Crippen molar-refractivity contribution in [2.24, 2.45) is 0 Å². The number of carbonyl (C=O) groups excluding carboxylic acids is 2. The maximum Gasteiger partial charge on any atom is 0.277 e. The van der Waals surface area contributed by atoms with Crippen molar-refractivity contribution in [1.82, 2.24) is 10.1 Å². The third-order valence-corrected chi connectivity index (χ3v) is 4.92. The van der Waals surface area contributed by atoms with E-state index in [0.717, 1.165) is 19.4 Å². The third kappa shape index (κ3) is 3.96. The zero-order chi connectivity index (χ0) is 19.3. The first-order valence-electron chi connectivity index (χ1n) is 9.38. The van der Waals surface area contributed by atoms with Crippen molar-refractivity contribution in [3.8, 4) is 0 Å². The van der Waals surface area contributed by atoms with Crippen molar-refractivity contribution in [2.75, 3.05) is 18.4 Å². The third-order valence-electron chi connectivity index (χ3n) is 4.92. The van der Waals surface area contributed by atoms with Gasteiger partial charge in [-0.15, -0.1) is 0 Å². The number of amides is 2. The molecule has 0 bridgehead atoms. The molecule has 1 aliphatic rings. The summed E-state index contributed by atoms with van der Waals surface area (Å²) >= 11 is 0. The number of nitrogens with one attached hydrogen (secondary N) is 1. The average molecular weight is 375 g/mol. The van der Waals surface area contributed by atoms with Gasteiger partial charge in [0.15, 0.2) is 5.69 Å². The highest BCUT2D eigenvalue weighted by molar-refractivity contribution is 6.02. The predicted octanol–water partition coefficient (Wildman–Crippen LogP) is 3.95. The Hall–Kier alpha value is -3.41. The molecular formula is C22H21N3O3. The van der Waals surface area contributed by atoms with Gasteiger partial charge in [0.05, 0.1) is 0 Å². The lowest BCUT2D eigenvalue weighted by Crippen LogP contribution is -2.39. The molecule has 3 aromatic rings. The number of piperidine rings is 1. The van der Waals surface area contributed by atoms with Crippen LogP contribution in [0, 0.1) is 0 Å². The molecule has 6 nitrogen and oxygen atoms in total. The first-order valence-corrected chi connectivity index (χ1v) is 9.38. The second kappa shape index (κ2) is 8.08. The van der Waals surface area contributed by atoms with Gasteiger partial charge in [-0.2, -0.15) is 0 Å². The number of anilines is 1. The molecule has 1 fully saturated rings. The maximum absolute atomic E-state index is 12.7. The molecule has 1 atom stereocenters. The second-order valence-corrected chi connectivity index (χ2v) is 6.89. The first kappa shape index (κ1) is 18.0. The molecule has 2 amide bonds. The molecule has 2 aromatic carbocycles. The topological polar surface area (TPSA) is 75.4 Å². The Morgan fingerprint density at radius 1 is 1.04 bits per heavy atom. The number of carbonyl (C=O) groups is 2. The number of para-hydroxylation sites is 1. The zero-order valence-electron chi connectivity index (χ0n) is 15.4. The average Bonchev–Trinajstić information content (AvgIpc) is 3.25. The number of benzene rings is 2. The number of likely N-dealkylation sites (tertiary alicyclic amines) is 1. The summed E-state index contributed by atoms with van der Waals surface area (Å²) in [5.74, 6) is 0.386. The van der Waals surface area contributed by atoms with Crippen LogP contribution >= 0.6 is 0 Å². The Balaban J connectivity index is 1.43. The highest BCUT2D eigenvalue weighted by Gasteiger charge is 2.28. The van der Waals surface area contributed by atoms with Crippen LogP contribution in [-0.2, 0) is 0 Å². The minimum Gasteiger partial charge on any atom is -0.360 e. The fourth-order valence-electron chi connectivity index (χ4n) is 3.46. The van der Waals surface area contributed by atoms with E-state index < -0.39 is 0 Å². The van der Waals surface area contributed by atoms with E-state index in [1.165, 1.54) is 0 Å².